The van der Waals surface area contributed by atoms with Gasteiger partial charge < -0.3 is 15.3 Å². The molecule has 0 aliphatic carbocycles. The first-order chi connectivity index (χ1) is 9.59. The predicted octanol–water partition coefficient (Wildman–Crippen LogP) is 1.14. The molecule has 1 aromatic rings. The Hall–Kier alpha value is -2.12. The summed E-state index contributed by atoms with van der Waals surface area (Å²) < 4.78 is 0. The van der Waals surface area contributed by atoms with Gasteiger partial charge in [0.05, 0.1) is 13.0 Å². The third-order valence-electron chi connectivity index (χ3n) is 3.09. The minimum atomic E-state index is -0.942. The Labute approximate surface area is 123 Å². The van der Waals surface area contributed by atoms with Gasteiger partial charge in [-0.25, -0.2) is 9.78 Å². The number of carbonyl (C=O) groups is 2. The van der Waals surface area contributed by atoms with Crippen LogP contribution in [0.2, 0.25) is 0 Å². The van der Waals surface area contributed by atoms with E-state index in [2.05, 4.69) is 20.5 Å². The molecule has 1 rings (SSSR count). The van der Waals surface area contributed by atoms with Crippen LogP contribution in [0.4, 0.5) is 4.79 Å². The SMILES string of the molecule is Cc1nc(CN(C)C(=O)NC(CC(=O)O)C(C)(C)C)n[nH]1. The largest absolute Gasteiger partial charge is 0.481 e. The second kappa shape index (κ2) is 6.55. The van der Waals surface area contributed by atoms with Crippen molar-refractivity contribution in [3.05, 3.63) is 11.6 Å². The number of H-pyrrole nitrogens is 1. The van der Waals surface area contributed by atoms with E-state index in [-0.39, 0.29) is 24.4 Å². The van der Waals surface area contributed by atoms with Gasteiger partial charge in [-0.15, -0.1) is 0 Å². The number of carbonyl (C=O) groups excluding carboxylic acids is 1. The lowest BCUT2D eigenvalue weighted by molar-refractivity contribution is -0.138. The van der Waals surface area contributed by atoms with E-state index in [1.807, 2.05) is 20.8 Å². The minimum absolute atomic E-state index is 0.122. The number of carboxylic acids is 1. The molecule has 0 aliphatic rings. The fourth-order valence-corrected chi connectivity index (χ4v) is 1.75. The highest BCUT2D eigenvalue weighted by Gasteiger charge is 2.29. The molecule has 118 valence electrons. The van der Waals surface area contributed by atoms with Gasteiger partial charge in [-0.3, -0.25) is 9.89 Å². The molecule has 1 heterocycles. The van der Waals surface area contributed by atoms with Gasteiger partial charge in [-0.1, -0.05) is 20.8 Å². The van der Waals surface area contributed by atoms with Crippen LogP contribution in [0.3, 0.4) is 0 Å². The molecule has 0 aromatic carbocycles. The number of carboxylic acid groups (broad SMARTS) is 1. The zero-order valence-electron chi connectivity index (χ0n) is 13.1. The molecule has 1 unspecified atom stereocenters. The van der Waals surface area contributed by atoms with Crippen LogP contribution in [-0.4, -0.2) is 50.3 Å². The minimum Gasteiger partial charge on any atom is -0.481 e. The summed E-state index contributed by atoms with van der Waals surface area (Å²) in [6.45, 7) is 7.69. The van der Waals surface area contributed by atoms with Crippen LogP contribution in [0.1, 0.15) is 38.8 Å². The summed E-state index contributed by atoms with van der Waals surface area (Å²) in [4.78, 5) is 28.6. The Balaban J connectivity index is 2.65. The van der Waals surface area contributed by atoms with Gasteiger partial charge in [0.15, 0.2) is 5.82 Å². The van der Waals surface area contributed by atoms with Crippen molar-refractivity contribution in [2.24, 2.45) is 5.41 Å². The first-order valence-corrected chi connectivity index (χ1v) is 6.71. The highest BCUT2D eigenvalue weighted by atomic mass is 16.4. The fraction of sp³-hybridized carbons (Fsp3) is 0.692. The van der Waals surface area contributed by atoms with Gasteiger partial charge in [0, 0.05) is 13.1 Å². The quantitative estimate of drug-likeness (QED) is 0.754. The van der Waals surface area contributed by atoms with Gasteiger partial charge in [0.1, 0.15) is 5.82 Å². The topological polar surface area (TPSA) is 111 Å². The average Bonchev–Trinajstić information content (AvgIpc) is 2.72. The number of rotatable bonds is 5. The zero-order chi connectivity index (χ0) is 16.2. The number of nitrogens with zero attached hydrogens (tertiary/aromatic N) is 3. The number of urea groups is 1. The molecule has 8 nitrogen and oxygen atoms in total. The molecule has 0 spiro atoms. The van der Waals surface area contributed by atoms with E-state index >= 15 is 0 Å². The smallest absolute Gasteiger partial charge is 0.317 e. The molecular formula is C13H23N5O3. The molecule has 21 heavy (non-hydrogen) atoms. The number of hydrogen-bond acceptors (Lipinski definition) is 4. The van der Waals surface area contributed by atoms with Gasteiger partial charge in [0.2, 0.25) is 0 Å². The van der Waals surface area contributed by atoms with Crippen molar-refractivity contribution < 1.29 is 14.7 Å². The Morgan fingerprint density at radius 2 is 2.05 bits per heavy atom. The molecule has 8 heteroatoms. The summed E-state index contributed by atoms with van der Waals surface area (Å²) in [5.41, 5.74) is -0.351. The maximum Gasteiger partial charge on any atom is 0.317 e. The van der Waals surface area contributed by atoms with Crippen molar-refractivity contribution in [1.82, 2.24) is 25.4 Å². The lowest BCUT2D eigenvalue weighted by Gasteiger charge is -2.31. The summed E-state index contributed by atoms with van der Waals surface area (Å²) in [6, 6.07) is -0.808. The van der Waals surface area contributed by atoms with E-state index in [1.165, 1.54) is 4.90 Å². The highest BCUT2D eigenvalue weighted by molar-refractivity contribution is 5.75. The average molecular weight is 297 g/mol. The second-order valence-electron chi connectivity index (χ2n) is 6.16. The number of nitrogens with one attached hydrogen (secondary N) is 2. The van der Waals surface area contributed by atoms with Crippen molar-refractivity contribution in [3.8, 4) is 0 Å². The number of amides is 2. The van der Waals surface area contributed by atoms with E-state index in [0.29, 0.717) is 11.6 Å². The van der Waals surface area contributed by atoms with E-state index in [4.69, 9.17) is 5.11 Å². The molecule has 0 saturated heterocycles. The Morgan fingerprint density at radius 1 is 1.43 bits per heavy atom. The molecule has 1 atom stereocenters. The fourth-order valence-electron chi connectivity index (χ4n) is 1.75. The standard InChI is InChI=1S/C13H23N5O3/c1-8-14-10(17-16-8)7-18(5)12(21)15-9(6-11(19)20)13(2,3)4/h9H,6-7H2,1-5H3,(H,15,21)(H,19,20)(H,14,16,17). The van der Waals surface area contributed by atoms with Crippen molar-refractivity contribution in [1.29, 1.82) is 0 Å². The number of aliphatic carboxylic acids is 1. The summed E-state index contributed by atoms with van der Waals surface area (Å²) in [5, 5.41) is 18.4. The first-order valence-electron chi connectivity index (χ1n) is 6.71. The predicted molar refractivity (Wildman–Crippen MR) is 76.6 cm³/mol. The normalized spacial score (nSPS) is 12.8. The Bertz CT molecular complexity index is 506. The lowest BCUT2D eigenvalue weighted by Crippen LogP contribution is -2.49. The van der Waals surface area contributed by atoms with Crippen molar-refractivity contribution in [2.75, 3.05) is 7.05 Å². The van der Waals surface area contributed by atoms with Crippen LogP contribution >= 0.6 is 0 Å². The third-order valence-corrected chi connectivity index (χ3v) is 3.09. The Morgan fingerprint density at radius 3 is 2.48 bits per heavy atom. The van der Waals surface area contributed by atoms with Crippen molar-refractivity contribution in [3.63, 3.8) is 0 Å². The van der Waals surface area contributed by atoms with Crippen LogP contribution in [0.25, 0.3) is 0 Å². The van der Waals surface area contributed by atoms with Crippen molar-refractivity contribution in [2.45, 2.75) is 46.7 Å². The van der Waals surface area contributed by atoms with Crippen LogP contribution in [0.15, 0.2) is 0 Å². The lowest BCUT2D eigenvalue weighted by atomic mass is 9.85. The third kappa shape index (κ3) is 5.41. The summed E-state index contributed by atoms with van der Waals surface area (Å²) >= 11 is 0. The molecular weight excluding hydrogens is 274 g/mol. The molecule has 0 bridgehead atoms. The van der Waals surface area contributed by atoms with Crippen LogP contribution in [0, 0.1) is 12.3 Å². The number of aromatic nitrogens is 3. The molecule has 0 saturated carbocycles. The van der Waals surface area contributed by atoms with Gasteiger partial charge >= 0.3 is 12.0 Å². The second-order valence-corrected chi connectivity index (χ2v) is 6.16. The number of hydrogen-bond donors (Lipinski definition) is 3. The maximum absolute atomic E-state index is 12.1. The summed E-state index contributed by atoms with van der Waals surface area (Å²) in [6.07, 6.45) is -0.122. The number of aryl methyl sites for hydroxylation is 1. The molecule has 2 amide bonds. The molecule has 1 aromatic heterocycles. The highest BCUT2D eigenvalue weighted by Crippen LogP contribution is 2.22. The zero-order valence-corrected chi connectivity index (χ0v) is 13.1. The number of aromatic amines is 1. The molecule has 0 radical (unpaired) electrons. The van der Waals surface area contributed by atoms with Crippen molar-refractivity contribution >= 4 is 12.0 Å². The van der Waals surface area contributed by atoms with Crippen LogP contribution in [-0.2, 0) is 11.3 Å². The van der Waals surface area contributed by atoms with Crippen LogP contribution in [0.5, 0.6) is 0 Å². The maximum atomic E-state index is 12.1. The molecule has 0 fully saturated rings. The Kier molecular flexibility index (Phi) is 5.28. The monoisotopic (exact) mass is 297 g/mol. The van der Waals surface area contributed by atoms with E-state index in [0.717, 1.165) is 0 Å². The first kappa shape index (κ1) is 16.9. The molecule has 0 aliphatic heterocycles. The van der Waals surface area contributed by atoms with E-state index in [9.17, 15) is 9.59 Å². The van der Waals surface area contributed by atoms with E-state index < -0.39 is 12.0 Å². The van der Waals surface area contributed by atoms with Gasteiger partial charge in [-0.05, 0) is 12.3 Å². The van der Waals surface area contributed by atoms with E-state index in [1.54, 1.807) is 14.0 Å². The van der Waals surface area contributed by atoms with Gasteiger partial charge in [-0.2, -0.15) is 5.10 Å². The summed E-state index contributed by atoms with van der Waals surface area (Å²) in [7, 11) is 1.61. The van der Waals surface area contributed by atoms with Crippen LogP contribution < -0.4 is 5.32 Å². The molecule has 3 N–H and O–H groups in total. The van der Waals surface area contributed by atoms with Gasteiger partial charge in [0.25, 0.3) is 0 Å². The summed E-state index contributed by atoms with van der Waals surface area (Å²) in [5.74, 6) is 0.246.